The third-order valence-electron chi connectivity index (χ3n) is 12.9. The Labute approximate surface area is 378 Å². The van der Waals surface area contributed by atoms with Gasteiger partial charge in [-0.3, -0.25) is 4.98 Å². The Morgan fingerprint density at radius 3 is 2.33 bits per heavy atom. The van der Waals surface area contributed by atoms with E-state index in [-0.39, 0.29) is 37.6 Å². The minimum Gasteiger partial charge on any atom is -0.487 e. The zero-order valence-corrected chi connectivity index (χ0v) is 39.5. The van der Waals surface area contributed by atoms with Crippen molar-refractivity contribution in [3.63, 3.8) is 0 Å². The van der Waals surface area contributed by atoms with Crippen LogP contribution in [-0.2, 0) is 20.9 Å². The Balaban J connectivity index is 1.54. The summed E-state index contributed by atoms with van der Waals surface area (Å²) in [6.07, 6.45) is 20.7. The molecule has 0 bridgehead atoms. The number of rotatable bonds is 27. The highest BCUT2D eigenvalue weighted by Gasteiger charge is 2.65. The molecule has 2 N–H and O–H groups in total. The maximum atomic E-state index is 14.2. The van der Waals surface area contributed by atoms with Crippen LogP contribution in [0.3, 0.4) is 0 Å². The molecule has 11 nitrogen and oxygen atoms in total. The Morgan fingerprint density at radius 1 is 0.968 bits per heavy atom. The fourth-order valence-electron chi connectivity index (χ4n) is 9.82. The SMILES string of the molecule is C=CCOC12Oc3ccc(OCc4cccc(C)n4)cc3C3C(CCCCO)C(CCCCO)C=C(C(=NOC(C)(C)C)CC1N(C)C(=O)OCCCCCCCCCCCC)C32. The lowest BCUT2D eigenvalue weighted by molar-refractivity contribution is -0.253. The molecule has 2 aromatic rings. The highest BCUT2D eigenvalue weighted by Crippen LogP contribution is 2.62. The predicted molar refractivity (Wildman–Crippen MR) is 250 cm³/mol. The molecular weight excluding hydrogens is 795 g/mol. The summed E-state index contributed by atoms with van der Waals surface area (Å²) in [5.41, 5.74) is 3.95. The number of likely N-dealkylation sites (N-methyl/N-ethyl adjacent to an activating group) is 1. The van der Waals surface area contributed by atoms with Gasteiger partial charge >= 0.3 is 6.09 Å². The van der Waals surface area contributed by atoms with E-state index in [1.807, 2.05) is 58.0 Å². The summed E-state index contributed by atoms with van der Waals surface area (Å²) in [6, 6.07) is 11.3. The van der Waals surface area contributed by atoms with Crippen LogP contribution in [0.15, 0.2) is 65.9 Å². The van der Waals surface area contributed by atoms with Crippen molar-refractivity contribution in [2.45, 2.75) is 174 Å². The molecule has 1 aliphatic heterocycles. The molecule has 2 heterocycles. The van der Waals surface area contributed by atoms with Crippen molar-refractivity contribution in [3.8, 4) is 11.5 Å². The molecule has 63 heavy (non-hydrogen) atoms. The van der Waals surface area contributed by atoms with E-state index in [1.54, 1.807) is 18.0 Å². The number of amides is 1. The normalized spacial score (nSPS) is 23.3. The molecule has 1 saturated carbocycles. The van der Waals surface area contributed by atoms with E-state index in [9.17, 15) is 15.0 Å². The number of carbonyl (C=O) groups excluding carboxylic acids is 1. The number of hydrogen-bond donors (Lipinski definition) is 2. The second-order valence-corrected chi connectivity index (χ2v) is 18.9. The number of aliphatic hydroxyl groups excluding tert-OH is 2. The number of ether oxygens (including phenoxy) is 4. The van der Waals surface area contributed by atoms with Gasteiger partial charge in [0, 0.05) is 43.9 Å². The zero-order chi connectivity index (χ0) is 45.2. The van der Waals surface area contributed by atoms with Gasteiger partial charge in [-0.1, -0.05) is 101 Å². The van der Waals surface area contributed by atoms with Gasteiger partial charge in [-0.15, -0.1) is 6.58 Å². The van der Waals surface area contributed by atoms with Crippen molar-refractivity contribution < 1.29 is 38.8 Å². The second kappa shape index (κ2) is 24.9. The first-order valence-corrected chi connectivity index (χ1v) is 24.2. The van der Waals surface area contributed by atoms with Crippen LogP contribution < -0.4 is 9.47 Å². The Hall–Kier alpha value is -3.93. The standard InChI is InChI=1S/C52H79N3O8/c1-8-10-11-12-13-14-15-16-17-22-33-59-50(58)55(7)47-36-45(54-63-51(4,5)6)43-34-39(25-18-20-30-56)42(27-19-21-31-57)48-44-35-41(60-37-40-26-23-24-38(3)53-40)28-29-46(44)62-52(47,49(43)48)61-32-9-2/h9,23-24,26,28-29,34-35,39,42,47-49,56-57H,2,8,10-22,25,27,30-33,36-37H2,1,3-7H3. The summed E-state index contributed by atoms with van der Waals surface area (Å²) in [5.74, 6) is -0.317. The zero-order valence-electron chi connectivity index (χ0n) is 39.5. The van der Waals surface area contributed by atoms with Crippen LogP contribution in [0.25, 0.3) is 0 Å². The molecule has 3 aliphatic rings. The molecular formula is C52H79N3O8. The van der Waals surface area contributed by atoms with Crippen molar-refractivity contribution in [1.29, 1.82) is 0 Å². The summed E-state index contributed by atoms with van der Waals surface area (Å²) >= 11 is 0. The van der Waals surface area contributed by atoms with Gasteiger partial charge in [0.2, 0.25) is 5.79 Å². The number of benzene rings is 1. The third-order valence-corrected chi connectivity index (χ3v) is 12.9. The number of unbranched alkanes of at least 4 members (excludes halogenated alkanes) is 11. The lowest BCUT2D eigenvalue weighted by atomic mass is 9.55. The second-order valence-electron chi connectivity index (χ2n) is 18.9. The maximum Gasteiger partial charge on any atom is 0.409 e. The van der Waals surface area contributed by atoms with E-state index < -0.39 is 29.4 Å². The summed E-state index contributed by atoms with van der Waals surface area (Å²) in [6.45, 7) is 15.3. The van der Waals surface area contributed by atoms with Crippen LogP contribution in [0.2, 0.25) is 0 Å². The lowest BCUT2D eigenvalue weighted by Crippen LogP contribution is -2.69. The highest BCUT2D eigenvalue weighted by atomic mass is 16.7. The molecule has 1 aromatic heterocycles. The topological polar surface area (TPSA) is 132 Å². The monoisotopic (exact) mass is 874 g/mol. The summed E-state index contributed by atoms with van der Waals surface area (Å²) in [4.78, 5) is 26.8. The lowest BCUT2D eigenvalue weighted by Gasteiger charge is -2.59. The van der Waals surface area contributed by atoms with Gasteiger partial charge in [0.1, 0.15) is 29.7 Å². The molecule has 0 spiro atoms. The van der Waals surface area contributed by atoms with Crippen LogP contribution in [-0.4, -0.2) is 82.8 Å². The number of carbonyl (C=O) groups is 1. The molecule has 11 heteroatoms. The van der Waals surface area contributed by atoms with Gasteiger partial charge < -0.3 is 38.9 Å². The first-order chi connectivity index (χ1) is 30.5. The van der Waals surface area contributed by atoms with E-state index >= 15 is 0 Å². The number of aliphatic hydroxyl groups is 2. The Morgan fingerprint density at radius 2 is 1.67 bits per heavy atom. The van der Waals surface area contributed by atoms with Gasteiger partial charge in [-0.25, -0.2) is 4.79 Å². The summed E-state index contributed by atoms with van der Waals surface area (Å²) in [7, 11) is 1.78. The number of aryl methyl sites for hydroxylation is 1. The molecule has 5 rings (SSSR count). The molecule has 0 saturated heterocycles. The first kappa shape index (κ1) is 50.1. The highest BCUT2D eigenvalue weighted by molar-refractivity contribution is 6.03. The summed E-state index contributed by atoms with van der Waals surface area (Å²) < 4.78 is 26.8. The molecule has 1 fully saturated rings. The number of nitrogens with zero attached hydrogens (tertiary/aromatic N) is 3. The van der Waals surface area contributed by atoms with Crippen LogP contribution in [0, 0.1) is 24.7 Å². The molecule has 350 valence electrons. The van der Waals surface area contributed by atoms with Gasteiger partial charge in [0.25, 0.3) is 0 Å². The van der Waals surface area contributed by atoms with Crippen LogP contribution in [0.5, 0.6) is 11.5 Å². The van der Waals surface area contributed by atoms with Crippen LogP contribution >= 0.6 is 0 Å². The smallest absolute Gasteiger partial charge is 0.409 e. The van der Waals surface area contributed by atoms with Crippen molar-refractivity contribution >= 4 is 11.8 Å². The molecule has 0 radical (unpaired) electrons. The molecule has 6 atom stereocenters. The van der Waals surface area contributed by atoms with E-state index in [0.29, 0.717) is 44.0 Å². The average Bonchev–Trinajstić information content (AvgIpc) is 3.26. The molecule has 1 amide bonds. The van der Waals surface area contributed by atoms with Gasteiger partial charge in [0.05, 0.1) is 30.5 Å². The third kappa shape index (κ3) is 13.8. The van der Waals surface area contributed by atoms with Gasteiger partial charge in [0.15, 0.2) is 0 Å². The predicted octanol–water partition coefficient (Wildman–Crippen LogP) is 11.4. The fourth-order valence-corrected chi connectivity index (χ4v) is 9.82. The summed E-state index contributed by atoms with van der Waals surface area (Å²) in [5, 5.41) is 24.8. The van der Waals surface area contributed by atoms with Crippen molar-refractivity contribution in [1.82, 2.24) is 9.88 Å². The number of oxime groups is 1. The number of fused-ring (bicyclic) bond motifs is 2. The molecule has 2 aliphatic carbocycles. The van der Waals surface area contributed by atoms with Crippen molar-refractivity contribution in [2.75, 3.05) is 33.5 Å². The van der Waals surface area contributed by atoms with Crippen LogP contribution in [0.4, 0.5) is 4.79 Å². The molecule has 6 unspecified atom stereocenters. The molecule has 1 aromatic carbocycles. The number of pyridine rings is 1. The number of aromatic nitrogens is 1. The Bertz CT molecular complexity index is 1790. The minimum atomic E-state index is -1.34. The quantitative estimate of drug-likeness (QED) is 0.0511. The number of allylic oxidation sites excluding steroid dienone is 1. The van der Waals surface area contributed by atoms with Crippen LogP contribution in [0.1, 0.15) is 160 Å². The van der Waals surface area contributed by atoms with E-state index in [0.717, 1.165) is 73.2 Å². The van der Waals surface area contributed by atoms with Gasteiger partial charge in [-0.05, 0) is 108 Å². The van der Waals surface area contributed by atoms with Gasteiger partial charge in [-0.2, -0.15) is 0 Å². The Kier molecular flexibility index (Phi) is 19.8. The number of hydrogen-bond acceptors (Lipinski definition) is 10. The van der Waals surface area contributed by atoms with E-state index in [2.05, 4.69) is 30.6 Å². The fraction of sp³-hybridized carbons (Fsp3) is 0.673. The van der Waals surface area contributed by atoms with Crippen molar-refractivity contribution in [2.24, 2.45) is 22.9 Å². The van der Waals surface area contributed by atoms with Crippen molar-refractivity contribution in [3.05, 3.63) is 77.7 Å². The van der Waals surface area contributed by atoms with E-state index in [4.69, 9.17) is 28.9 Å². The minimum absolute atomic E-state index is 0.101. The average molecular weight is 874 g/mol. The first-order valence-electron chi connectivity index (χ1n) is 24.2. The largest absolute Gasteiger partial charge is 0.487 e. The maximum absolute atomic E-state index is 14.2. The van der Waals surface area contributed by atoms with E-state index in [1.165, 1.54) is 44.9 Å².